The van der Waals surface area contributed by atoms with E-state index in [0.29, 0.717) is 18.0 Å². The SMILES string of the molecule is CCN(C(C)C)S(=O)(=O)c1ccsc1CNC. The quantitative estimate of drug-likeness (QED) is 0.863. The molecule has 0 unspecified atom stereocenters. The Morgan fingerprint density at radius 2 is 2.12 bits per heavy atom. The summed E-state index contributed by atoms with van der Waals surface area (Å²) in [6.07, 6.45) is 0. The smallest absolute Gasteiger partial charge is 0.244 e. The van der Waals surface area contributed by atoms with Crippen LogP contribution in [0.3, 0.4) is 0 Å². The predicted molar refractivity (Wildman–Crippen MR) is 71.8 cm³/mol. The fourth-order valence-corrected chi connectivity index (χ4v) is 4.86. The lowest BCUT2D eigenvalue weighted by Gasteiger charge is -2.24. The van der Waals surface area contributed by atoms with Gasteiger partial charge in [0.15, 0.2) is 0 Å². The van der Waals surface area contributed by atoms with Gasteiger partial charge in [-0.25, -0.2) is 8.42 Å². The number of sulfonamides is 1. The van der Waals surface area contributed by atoms with Crippen molar-refractivity contribution in [1.29, 1.82) is 0 Å². The molecule has 98 valence electrons. The molecule has 4 nitrogen and oxygen atoms in total. The summed E-state index contributed by atoms with van der Waals surface area (Å²) in [5.74, 6) is 0. The van der Waals surface area contributed by atoms with Crippen molar-refractivity contribution in [1.82, 2.24) is 9.62 Å². The minimum absolute atomic E-state index is 0.0210. The van der Waals surface area contributed by atoms with Crippen molar-refractivity contribution in [3.63, 3.8) is 0 Å². The van der Waals surface area contributed by atoms with Crippen LogP contribution in [0.4, 0.5) is 0 Å². The topological polar surface area (TPSA) is 49.4 Å². The monoisotopic (exact) mass is 276 g/mol. The van der Waals surface area contributed by atoms with Crippen LogP contribution in [0, 0.1) is 0 Å². The van der Waals surface area contributed by atoms with E-state index in [1.54, 1.807) is 6.07 Å². The molecule has 0 aromatic carbocycles. The van der Waals surface area contributed by atoms with Gasteiger partial charge in [0, 0.05) is 24.0 Å². The standard InChI is InChI=1S/C11H20N2O2S2/c1-5-13(9(2)3)17(14,15)11-6-7-16-10(11)8-12-4/h6-7,9,12H,5,8H2,1-4H3. The molecule has 6 heteroatoms. The van der Waals surface area contributed by atoms with E-state index in [0.717, 1.165) is 4.88 Å². The summed E-state index contributed by atoms with van der Waals surface area (Å²) in [6, 6.07) is 1.67. The molecule has 0 aliphatic heterocycles. The Morgan fingerprint density at radius 1 is 1.47 bits per heavy atom. The normalized spacial score (nSPS) is 12.6. The molecular formula is C11H20N2O2S2. The summed E-state index contributed by atoms with van der Waals surface area (Å²) in [5, 5.41) is 4.82. The Hall–Kier alpha value is -0.430. The molecule has 0 aliphatic carbocycles. The van der Waals surface area contributed by atoms with Gasteiger partial charge in [-0.1, -0.05) is 6.92 Å². The van der Waals surface area contributed by atoms with Gasteiger partial charge in [-0.05, 0) is 32.3 Å². The molecule has 0 saturated heterocycles. The van der Waals surface area contributed by atoms with Crippen molar-refractivity contribution in [3.8, 4) is 0 Å². The summed E-state index contributed by atoms with van der Waals surface area (Å²) in [6.45, 7) is 6.73. The van der Waals surface area contributed by atoms with Crippen molar-refractivity contribution < 1.29 is 8.42 Å². The zero-order valence-electron chi connectivity index (χ0n) is 10.7. The van der Waals surface area contributed by atoms with Gasteiger partial charge in [-0.15, -0.1) is 11.3 Å². The van der Waals surface area contributed by atoms with E-state index in [9.17, 15) is 8.42 Å². The first kappa shape index (κ1) is 14.6. The molecule has 0 fully saturated rings. The maximum absolute atomic E-state index is 12.5. The Balaban J connectivity index is 3.16. The Morgan fingerprint density at radius 3 is 2.59 bits per heavy atom. The highest BCUT2D eigenvalue weighted by Gasteiger charge is 2.28. The molecule has 0 radical (unpaired) electrons. The van der Waals surface area contributed by atoms with Gasteiger partial charge in [0.1, 0.15) is 0 Å². The average molecular weight is 276 g/mol. The molecule has 1 aromatic heterocycles. The van der Waals surface area contributed by atoms with E-state index in [2.05, 4.69) is 5.32 Å². The average Bonchev–Trinajstić information content (AvgIpc) is 2.67. The third-order valence-corrected chi connectivity index (χ3v) is 5.80. The largest absolute Gasteiger partial charge is 0.315 e. The van der Waals surface area contributed by atoms with Crippen molar-refractivity contribution in [2.75, 3.05) is 13.6 Å². The second kappa shape index (κ2) is 5.95. The lowest BCUT2D eigenvalue weighted by Crippen LogP contribution is -2.37. The first-order valence-corrected chi connectivity index (χ1v) is 7.99. The Labute approximate surface area is 108 Å². The van der Waals surface area contributed by atoms with Gasteiger partial charge >= 0.3 is 0 Å². The van der Waals surface area contributed by atoms with Gasteiger partial charge in [0.2, 0.25) is 10.0 Å². The van der Waals surface area contributed by atoms with Crippen LogP contribution in [0.25, 0.3) is 0 Å². The zero-order chi connectivity index (χ0) is 13.1. The van der Waals surface area contributed by atoms with Crippen LogP contribution in [-0.2, 0) is 16.6 Å². The van der Waals surface area contributed by atoms with Crippen LogP contribution in [0.2, 0.25) is 0 Å². The van der Waals surface area contributed by atoms with E-state index in [1.807, 2.05) is 33.2 Å². The minimum atomic E-state index is -3.36. The van der Waals surface area contributed by atoms with Crippen molar-refractivity contribution >= 4 is 21.4 Å². The minimum Gasteiger partial charge on any atom is -0.315 e. The third kappa shape index (κ3) is 3.07. The van der Waals surface area contributed by atoms with Gasteiger partial charge in [0.05, 0.1) is 4.90 Å². The highest BCUT2D eigenvalue weighted by molar-refractivity contribution is 7.89. The zero-order valence-corrected chi connectivity index (χ0v) is 12.4. The van der Waals surface area contributed by atoms with Gasteiger partial charge in [0.25, 0.3) is 0 Å². The number of rotatable bonds is 6. The molecule has 0 atom stereocenters. The maximum Gasteiger partial charge on any atom is 0.244 e. The second-order valence-corrected chi connectivity index (χ2v) is 6.90. The lowest BCUT2D eigenvalue weighted by molar-refractivity contribution is 0.369. The van der Waals surface area contributed by atoms with Crippen LogP contribution in [0.15, 0.2) is 16.3 Å². The number of thiophene rings is 1. The van der Waals surface area contributed by atoms with Crippen LogP contribution in [-0.4, -0.2) is 32.4 Å². The van der Waals surface area contributed by atoms with E-state index in [1.165, 1.54) is 15.6 Å². The Bertz CT molecular complexity index is 452. The molecule has 1 N–H and O–H groups in total. The van der Waals surface area contributed by atoms with E-state index in [-0.39, 0.29) is 6.04 Å². The summed E-state index contributed by atoms with van der Waals surface area (Å²) >= 11 is 1.47. The maximum atomic E-state index is 12.5. The van der Waals surface area contributed by atoms with Gasteiger partial charge in [-0.2, -0.15) is 4.31 Å². The number of nitrogens with one attached hydrogen (secondary N) is 1. The van der Waals surface area contributed by atoms with Crippen LogP contribution >= 0.6 is 11.3 Å². The summed E-state index contributed by atoms with van der Waals surface area (Å²) in [5.41, 5.74) is 0. The van der Waals surface area contributed by atoms with Crippen LogP contribution in [0.1, 0.15) is 25.6 Å². The fourth-order valence-electron chi connectivity index (χ4n) is 1.79. The molecule has 0 saturated carbocycles. The van der Waals surface area contributed by atoms with Crippen molar-refractivity contribution in [2.45, 2.75) is 38.3 Å². The summed E-state index contributed by atoms with van der Waals surface area (Å²) < 4.78 is 26.5. The molecule has 0 aliphatic rings. The second-order valence-electron chi connectivity index (χ2n) is 4.04. The van der Waals surface area contributed by atoms with Gasteiger partial charge in [-0.3, -0.25) is 0 Å². The molecule has 1 aromatic rings. The molecule has 0 spiro atoms. The fraction of sp³-hybridized carbons (Fsp3) is 0.636. The number of hydrogen-bond acceptors (Lipinski definition) is 4. The number of nitrogens with zero attached hydrogens (tertiary/aromatic N) is 1. The van der Waals surface area contributed by atoms with Gasteiger partial charge < -0.3 is 5.32 Å². The predicted octanol–water partition coefficient (Wildman–Crippen LogP) is 1.89. The van der Waals surface area contributed by atoms with Crippen molar-refractivity contribution in [2.24, 2.45) is 0 Å². The molecular weight excluding hydrogens is 256 g/mol. The highest BCUT2D eigenvalue weighted by atomic mass is 32.2. The Kier molecular flexibility index (Phi) is 5.12. The summed E-state index contributed by atoms with van der Waals surface area (Å²) in [7, 11) is -1.54. The number of hydrogen-bond donors (Lipinski definition) is 1. The molecule has 17 heavy (non-hydrogen) atoms. The van der Waals surface area contributed by atoms with Crippen molar-refractivity contribution in [3.05, 3.63) is 16.3 Å². The third-order valence-electron chi connectivity index (χ3n) is 2.52. The first-order chi connectivity index (χ1) is 7.95. The van der Waals surface area contributed by atoms with E-state index < -0.39 is 10.0 Å². The van der Waals surface area contributed by atoms with E-state index >= 15 is 0 Å². The van der Waals surface area contributed by atoms with Crippen LogP contribution in [0.5, 0.6) is 0 Å². The highest BCUT2D eigenvalue weighted by Crippen LogP contribution is 2.26. The van der Waals surface area contributed by atoms with Crippen LogP contribution < -0.4 is 5.32 Å². The van der Waals surface area contributed by atoms with E-state index in [4.69, 9.17) is 0 Å². The summed E-state index contributed by atoms with van der Waals surface area (Å²) in [4.78, 5) is 1.30. The first-order valence-electron chi connectivity index (χ1n) is 5.68. The molecule has 1 rings (SSSR count). The molecule has 1 heterocycles. The lowest BCUT2D eigenvalue weighted by atomic mass is 10.4. The molecule has 0 amide bonds. The molecule has 0 bridgehead atoms.